The Labute approximate surface area is 99.5 Å². The highest BCUT2D eigenvalue weighted by atomic mass is 35.5. The first kappa shape index (κ1) is 13.3. The van der Waals surface area contributed by atoms with Gasteiger partial charge in [-0.3, -0.25) is 0 Å². The number of alkyl halides is 1. The monoisotopic (exact) mass is 232 g/mol. The van der Waals surface area contributed by atoms with Crippen LogP contribution in [0.3, 0.4) is 0 Å². The first-order valence-corrected chi connectivity index (χ1v) is 6.63. The van der Waals surface area contributed by atoms with Gasteiger partial charge in [0.05, 0.1) is 12.2 Å². The first-order valence-electron chi connectivity index (χ1n) is 6.19. The summed E-state index contributed by atoms with van der Waals surface area (Å²) in [5.74, 6) is 0. The van der Waals surface area contributed by atoms with Crippen molar-refractivity contribution >= 4 is 11.6 Å². The van der Waals surface area contributed by atoms with Gasteiger partial charge in [-0.2, -0.15) is 0 Å². The Morgan fingerprint density at radius 1 is 1.33 bits per heavy atom. The molecule has 0 amide bonds. The molecule has 3 unspecified atom stereocenters. The minimum Gasteiger partial charge on any atom is -0.375 e. The van der Waals surface area contributed by atoms with E-state index in [1.54, 1.807) is 0 Å². The van der Waals surface area contributed by atoms with E-state index < -0.39 is 0 Å². The van der Waals surface area contributed by atoms with E-state index in [0.29, 0.717) is 12.2 Å². The van der Waals surface area contributed by atoms with Crippen LogP contribution in [0.4, 0.5) is 0 Å². The average molecular weight is 233 g/mol. The minimum atomic E-state index is 0.228. The van der Waals surface area contributed by atoms with Crippen LogP contribution in [-0.4, -0.2) is 17.6 Å². The van der Waals surface area contributed by atoms with Crippen LogP contribution in [0.15, 0.2) is 0 Å². The van der Waals surface area contributed by atoms with Crippen LogP contribution in [0.25, 0.3) is 0 Å². The topological polar surface area (TPSA) is 9.23 Å². The van der Waals surface area contributed by atoms with Gasteiger partial charge in [0, 0.05) is 5.38 Å². The smallest absolute Gasteiger partial charge is 0.0579 e. The number of rotatable bonds is 4. The third-order valence-corrected chi connectivity index (χ3v) is 4.12. The molecular weight excluding hydrogens is 208 g/mol. The van der Waals surface area contributed by atoms with Crippen molar-refractivity contribution < 1.29 is 4.74 Å². The zero-order valence-electron chi connectivity index (χ0n) is 10.6. The van der Waals surface area contributed by atoms with E-state index in [-0.39, 0.29) is 10.8 Å². The van der Waals surface area contributed by atoms with Crippen molar-refractivity contribution in [2.75, 3.05) is 0 Å². The van der Waals surface area contributed by atoms with Gasteiger partial charge in [0.15, 0.2) is 0 Å². The van der Waals surface area contributed by atoms with E-state index in [1.807, 2.05) is 0 Å². The summed E-state index contributed by atoms with van der Waals surface area (Å²) in [6.45, 7) is 8.79. The maximum Gasteiger partial charge on any atom is 0.0579 e. The molecule has 3 atom stereocenters. The molecule has 0 spiro atoms. The third-order valence-electron chi connectivity index (χ3n) is 3.24. The zero-order valence-corrected chi connectivity index (χ0v) is 11.3. The second-order valence-corrected chi connectivity index (χ2v) is 6.44. The summed E-state index contributed by atoms with van der Waals surface area (Å²) in [5.41, 5.74) is 0.228. The number of ether oxygens (including phenoxy) is 1. The first-order chi connectivity index (χ1) is 6.89. The molecule has 1 aliphatic heterocycles. The van der Waals surface area contributed by atoms with Crippen LogP contribution in [-0.2, 0) is 4.74 Å². The Morgan fingerprint density at radius 2 is 2.00 bits per heavy atom. The molecule has 0 bridgehead atoms. The van der Waals surface area contributed by atoms with Gasteiger partial charge in [0.2, 0.25) is 0 Å². The van der Waals surface area contributed by atoms with E-state index in [4.69, 9.17) is 16.3 Å². The highest BCUT2D eigenvalue weighted by Gasteiger charge is 2.24. The molecule has 0 saturated carbocycles. The summed E-state index contributed by atoms with van der Waals surface area (Å²) in [5, 5.41) is 0.288. The van der Waals surface area contributed by atoms with Crippen molar-refractivity contribution in [3.63, 3.8) is 0 Å². The molecular formula is C13H25ClO. The summed E-state index contributed by atoms with van der Waals surface area (Å²) in [7, 11) is 0. The highest BCUT2D eigenvalue weighted by molar-refractivity contribution is 6.21. The van der Waals surface area contributed by atoms with Gasteiger partial charge >= 0.3 is 0 Å². The standard InChI is InChI=1S/C13H25ClO/c1-10-8-9-11(15-10)6-5-7-12(14)13(2,3)4/h10-12H,5-9H2,1-4H3. The summed E-state index contributed by atoms with van der Waals surface area (Å²) in [4.78, 5) is 0. The molecule has 0 aromatic carbocycles. The maximum atomic E-state index is 6.33. The van der Waals surface area contributed by atoms with Crippen LogP contribution in [0.2, 0.25) is 0 Å². The fraction of sp³-hybridized carbons (Fsp3) is 1.00. The van der Waals surface area contributed by atoms with Crippen molar-refractivity contribution in [2.45, 2.75) is 77.4 Å². The second kappa shape index (κ2) is 5.54. The summed E-state index contributed by atoms with van der Waals surface area (Å²) >= 11 is 6.33. The van der Waals surface area contributed by atoms with Crippen molar-refractivity contribution in [3.05, 3.63) is 0 Å². The summed E-state index contributed by atoms with van der Waals surface area (Å²) < 4.78 is 5.79. The second-order valence-electron chi connectivity index (χ2n) is 5.91. The van der Waals surface area contributed by atoms with Crippen molar-refractivity contribution in [1.82, 2.24) is 0 Å². The van der Waals surface area contributed by atoms with E-state index in [2.05, 4.69) is 27.7 Å². The Morgan fingerprint density at radius 3 is 2.47 bits per heavy atom. The van der Waals surface area contributed by atoms with Crippen molar-refractivity contribution in [3.8, 4) is 0 Å². The Kier molecular flexibility index (Phi) is 4.92. The van der Waals surface area contributed by atoms with Crippen LogP contribution < -0.4 is 0 Å². The number of halogens is 1. The lowest BCUT2D eigenvalue weighted by atomic mass is 9.88. The Hall–Kier alpha value is 0.250. The van der Waals surface area contributed by atoms with Crippen molar-refractivity contribution in [2.24, 2.45) is 5.41 Å². The minimum absolute atomic E-state index is 0.228. The van der Waals surface area contributed by atoms with E-state index in [1.165, 1.54) is 25.7 Å². The van der Waals surface area contributed by atoms with Crippen molar-refractivity contribution in [1.29, 1.82) is 0 Å². The molecule has 0 aromatic heterocycles. The molecule has 1 rings (SSSR count). The number of hydrogen-bond donors (Lipinski definition) is 0. The number of hydrogen-bond acceptors (Lipinski definition) is 1. The molecule has 2 heteroatoms. The van der Waals surface area contributed by atoms with Crippen LogP contribution in [0.1, 0.15) is 59.8 Å². The lowest BCUT2D eigenvalue weighted by molar-refractivity contribution is 0.0491. The zero-order chi connectivity index (χ0) is 11.5. The molecule has 1 nitrogen and oxygen atoms in total. The molecule has 1 aliphatic rings. The largest absolute Gasteiger partial charge is 0.375 e. The SMILES string of the molecule is CC1CCC(CCCC(Cl)C(C)(C)C)O1. The van der Waals surface area contributed by atoms with Gasteiger partial charge in [-0.1, -0.05) is 20.8 Å². The van der Waals surface area contributed by atoms with Gasteiger partial charge in [-0.25, -0.2) is 0 Å². The maximum absolute atomic E-state index is 6.33. The lowest BCUT2D eigenvalue weighted by Crippen LogP contribution is -2.21. The predicted molar refractivity (Wildman–Crippen MR) is 66.5 cm³/mol. The van der Waals surface area contributed by atoms with Gasteiger partial charge in [0.25, 0.3) is 0 Å². The molecule has 1 heterocycles. The van der Waals surface area contributed by atoms with Gasteiger partial charge in [0.1, 0.15) is 0 Å². The van der Waals surface area contributed by atoms with Gasteiger partial charge < -0.3 is 4.74 Å². The molecule has 0 radical (unpaired) electrons. The normalized spacial score (nSPS) is 29.4. The highest BCUT2D eigenvalue weighted by Crippen LogP contribution is 2.30. The predicted octanol–water partition coefficient (Wildman–Crippen LogP) is 4.38. The molecule has 1 saturated heterocycles. The van der Waals surface area contributed by atoms with Gasteiger partial charge in [-0.15, -0.1) is 11.6 Å². The average Bonchev–Trinajstić information content (AvgIpc) is 2.49. The fourth-order valence-electron chi connectivity index (χ4n) is 2.06. The molecule has 0 aromatic rings. The summed E-state index contributed by atoms with van der Waals surface area (Å²) in [6.07, 6.45) is 6.94. The molecule has 0 aliphatic carbocycles. The summed E-state index contributed by atoms with van der Waals surface area (Å²) in [6, 6.07) is 0. The quantitative estimate of drug-likeness (QED) is 0.654. The van der Waals surface area contributed by atoms with E-state index >= 15 is 0 Å². The molecule has 1 fully saturated rings. The Bertz CT molecular complexity index is 185. The Balaban J connectivity index is 2.11. The van der Waals surface area contributed by atoms with Gasteiger partial charge in [-0.05, 0) is 44.4 Å². The molecule has 90 valence electrons. The molecule has 15 heavy (non-hydrogen) atoms. The van der Waals surface area contributed by atoms with E-state index in [9.17, 15) is 0 Å². The third kappa shape index (κ3) is 4.74. The molecule has 0 N–H and O–H groups in total. The van der Waals surface area contributed by atoms with Crippen LogP contribution >= 0.6 is 11.6 Å². The van der Waals surface area contributed by atoms with Crippen LogP contribution in [0.5, 0.6) is 0 Å². The lowest BCUT2D eigenvalue weighted by Gasteiger charge is -2.25. The fourth-order valence-corrected chi connectivity index (χ4v) is 2.21. The van der Waals surface area contributed by atoms with E-state index in [0.717, 1.165) is 6.42 Å². The van der Waals surface area contributed by atoms with Crippen LogP contribution in [0, 0.1) is 5.41 Å².